The van der Waals surface area contributed by atoms with Gasteiger partial charge in [0.05, 0.1) is 6.10 Å². The molecule has 2 bridgehead atoms. The molecule has 0 amide bonds. The van der Waals surface area contributed by atoms with Gasteiger partial charge in [-0.05, 0) is 24.2 Å². The van der Waals surface area contributed by atoms with Gasteiger partial charge in [-0.15, -0.1) is 0 Å². The molecule has 1 nitrogen and oxygen atoms in total. The van der Waals surface area contributed by atoms with Gasteiger partial charge in [0.1, 0.15) is 0 Å². The lowest BCUT2D eigenvalue weighted by molar-refractivity contribution is 0.0184. The van der Waals surface area contributed by atoms with Crippen LogP contribution >= 0.6 is 15.9 Å². The van der Waals surface area contributed by atoms with Gasteiger partial charge in [-0.3, -0.25) is 0 Å². The van der Waals surface area contributed by atoms with Crippen molar-refractivity contribution in [2.24, 2.45) is 16.7 Å². The maximum absolute atomic E-state index is 9.95. The van der Waals surface area contributed by atoms with E-state index in [9.17, 15) is 5.11 Å². The molecule has 0 radical (unpaired) electrons. The molecule has 2 rings (SSSR count). The molecule has 0 aromatic carbocycles. The molecule has 2 saturated carbocycles. The standard InChI is InChI=1S/C10H17BrO/c1-9(2)6-4-7(11)10(9,3)8(12)5-6/h6-8,12H,4-5H2,1-3H3/t6-,7?,8+,10-/m0/s1. The Labute approximate surface area is 82.7 Å². The molecule has 2 aliphatic rings. The van der Waals surface area contributed by atoms with Gasteiger partial charge < -0.3 is 5.11 Å². The minimum atomic E-state index is -0.101. The highest BCUT2D eigenvalue weighted by molar-refractivity contribution is 9.09. The van der Waals surface area contributed by atoms with Crippen molar-refractivity contribution in [1.29, 1.82) is 0 Å². The van der Waals surface area contributed by atoms with Gasteiger partial charge in [-0.2, -0.15) is 0 Å². The first-order chi connectivity index (χ1) is 5.40. The van der Waals surface area contributed by atoms with E-state index < -0.39 is 0 Å². The third kappa shape index (κ3) is 0.741. The molecular formula is C10H17BrO. The summed E-state index contributed by atoms with van der Waals surface area (Å²) in [4.78, 5) is 0.508. The number of alkyl halides is 1. The molecule has 2 fully saturated rings. The summed E-state index contributed by atoms with van der Waals surface area (Å²) in [7, 11) is 0. The molecule has 0 aromatic heterocycles. The fourth-order valence-corrected chi connectivity index (χ4v) is 4.52. The van der Waals surface area contributed by atoms with Crippen LogP contribution in [-0.4, -0.2) is 16.0 Å². The van der Waals surface area contributed by atoms with E-state index in [2.05, 4.69) is 36.7 Å². The Morgan fingerprint density at radius 2 is 1.83 bits per heavy atom. The van der Waals surface area contributed by atoms with Gasteiger partial charge in [-0.1, -0.05) is 36.7 Å². The van der Waals surface area contributed by atoms with Crippen LogP contribution in [0.4, 0.5) is 0 Å². The minimum Gasteiger partial charge on any atom is -0.392 e. The van der Waals surface area contributed by atoms with Crippen LogP contribution in [0.15, 0.2) is 0 Å². The maximum atomic E-state index is 9.95. The van der Waals surface area contributed by atoms with Crippen molar-refractivity contribution in [2.45, 2.75) is 44.5 Å². The Hall–Kier alpha value is 0.440. The molecule has 2 aliphatic carbocycles. The molecule has 0 spiro atoms. The van der Waals surface area contributed by atoms with E-state index in [0.29, 0.717) is 16.2 Å². The molecule has 2 heteroatoms. The molecule has 0 heterocycles. The Morgan fingerprint density at radius 3 is 2.08 bits per heavy atom. The third-order valence-electron chi connectivity index (χ3n) is 4.75. The number of fused-ring (bicyclic) bond motifs is 2. The van der Waals surface area contributed by atoms with E-state index in [4.69, 9.17) is 0 Å². The Morgan fingerprint density at radius 1 is 1.25 bits per heavy atom. The lowest BCUT2D eigenvalue weighted by Gasteiger charge is -2.39. The number of hydrogen-bond donors (Lipinski definition) is 1. The molecule has 1 N–H and O–H groups in total. The fraction of sp³-hybridized carbons (Fsp3) is 1.00. The minimum absolute atomic E-state index is 0.0949. The molecule has 12 heavy (non-hydrogen) atoms. The molecule has 70 valence electrons. The van der Waals surface area contributed by atoms with Crippen LogP contribution in [0.3, 0.4) is 0 Å². The average molecular weight is 233 g/mol. The molecule has 0 saturated heterocycles. The topological polar surface area (TPSA) is 20.2 Å². The number of halogens is 1. The summed E-state index contributed by atoms with van der Waals surface area (Å²) in [6, 6.07) is 0. The first-order valence-electron chi connectivity index (χ1n) is 4.73. The highest BCUT2D eigenvalue weighted by atomic mass is 79.9. The maximum Gasteiger partial charge on any atom is 0.0612 e. The highest BCUT2D eigenvalue weighted by Gasteiger charge is 2.65. The predicted molar refractivity (Wildman–Crippen MR) is 53.3 cm³/mol. The van der Waals surface area contributed by atoms with Gasteiger partial charge >= 0.3 is 0 Å². The third-order valence-corrected chi connectivity index (χ3v) is 6.08. The van der Waals surface area contributed by atoms with Crippen molar-refractivity contribution in [3.63, 3.8) is 0 Å². The average Bonchev–Trinajstić information content (AvgIpc) is 2.20. The largest absolute Gasteiger partial charge is 0.392 e. The van der Waals surface area contributed by atoms with Crippen LogP contribution in [0, 0.1) is 16.7 Å². The van der Waals surface area contributed by atoms with Crippen molar-refractivity contribution in [2.75, 3.05) is 0 Å². The van der Waals surface area contributed by atoms with Gasteiger partial charge in [0, 0.05) is 10.2 Å². The second kappa shape index (κ2) is 2.27. The van der Waals surface area contributed by atoms with Crippen molar-refractivity contribution in [1.82, 2.24) is 0 Å². The van der Waals surface area contributed by atoms with Crippen molar-refractivity contribution < 1.29 is 5.11 Å². The van der Waals surface area contributed by atoms with Crippen LogP contribution in [-0.2, 0) is 0 Å². The molecule has 4 atom stereocenters. The van der Waals surface area contributed by atoms with E-state index in [1.54, 1.807) is 0 Å². The molecule has 0 aliphatic heterocycles. The first kappa shape index (κ1) is 9.01. The first-order valence-corrected chi connectivity index (χ1v) is 5.64. The summed E-state index contributed by atoms with van der Waals surface area (Å²) in [5.74, 6) is 0.710. The van der Waals surface area contributed by atoms with Crippen LogP contribution in [0.5, 0.6) is 0 Å². The van der Waals surface area contributed by atoms with E-state index in [1.807, 2.05) is 0 Å². The monoisotopic (exact) mass is 232 g/mol. The number of rotatable bonds is 0. The van der Waals surface area contributed by atoms with E-state index in [1.165, 1.54) is 6.42 Å². The summed E-state index contributed by atoms with van der Waals surface area (Å²) in [5.41, 5.74) is 0.401. The lowest BCUT2D eigenvalue weighted by atomic mass is 9.70. The lowest BCUT2D eigenvalue weighted by Crippen LogP contribution is -2.41. The van der Waals surface area contributed by atoms with Crippen molar-refractivity contribution >= 4 is 15.9 Å². The van der Waals surface area contributed by atoms with Crippen LogP contribution in [0.25, 0.3) is 0 Å². The quantitative estimate of drug-likeness (QED) is 0.637. The van der Waals surface area contributed by atoms with Crippen molar-refractivity contribution in [3.8, 4) is 0 Å². The predicted octanol–water partition coefficient (Wildman–Crippen LogP) is 2.57. The summed E-state index contributed by atoms with van der Waals surface area (Å²) < 4.78 is 0. The second-order valence-electron chi connectivity index (χ2n) is 5.16. The summed E-state index contributed by atoms with van der Waals surface area (Å²) in [6.45, 7) is 6.83. The Bertz CT molecular complexity index is 200. The summed E-state index contributed by atoms with van der Waals surface area (Å²) in [6.07, 6.45) is 2.14. The van der Waals surface area contributed by atoms with E-state index in [-0.39, 0.29) is 11.5 Å². The smallest absolute Gasteiger partial charge is 0.0612 e. The summed E-state index contributed by atoms with van der Waals surface area (Å²) >= 11 is 3.71. The Balaban J connectivity index is 2.44. The zero-order valence-corrected chi connectivity index (χ0v) is 9.56. The van der Waals surface area contributed by atoms with Crippen LogP contribution in [0.2, 0.25) is 0 Å². The number of aliphatic hydroxyl groups excluding tert-OH is 1. The number of aliphatic hydroxyl groups is 1. The molecule has 0 aromatic rings. The second-order valence-corrected chi connectivity index (χ2v) is 6.26. The Kier molecular flexibility index (Phi) is 1.70. The molecule has 1 unspecified atom stereocenters. The van der Waals surface area contributed by atoms with E-state index in [0.717, 1.165) is 6.42 Å². The number of hydrogen-bond acceptors (Lipinski definition) is 1. The summed E-state index contributed by atoms with van der Waals surface area (Å²) in [5, 5.41) is 9.95. The van der Waals surface area contributed by atoms with Crippen LogP contribution < -0.4 is 0 Å². The van der Waals surface area contributed by atoms with Crippen molar-refractivity contribution in [3.05, 3.63) is 0 Å². The van der Waals surface area contributed by atoms with Gasteiger partial charge in [-0.25, -0.2) is 0 Å². The highest BCUT2D eigenvalue weighted by Crippen LogP contribution is 2.67. The zero-order chi connectivity index (χ0) is 9.15. The SMILES string of the molecule is CC1(C)[C@H]2CC(Br)[C@@]1(C)[C@H](O)C2. The zero-order valence-electron chi connectivity index (χ0n) is 7.97. The normalized spacial score (nSPS) is 56.2. The van der Waals surface area contributed by atoms with Gasteiger partial charge in [0.25, 0.3) is 0 Å². The van der Waals surface area contributed by atoms with E-state index >= 15 is 0 Å². The van der Waals surface area contributed by atoms with Crippen LogP contribution in [0.1, 0.15) is 33.6 Å². The fourth-order valence-electron chi connectivity index (χ4n) is 3.18. The molecular weight excluding hydrogens is 216 g/mol. The van der Waals surface area contributed by atoms with Gasteiger partial charge in [0.15, 0.2) is 0 Å². The van der Waals surface area contributed by atoms with Gasteiger partial charge in [0.2, 0.25) is 0 Å².